The number of nitrogens with zero attached hydrogens (tertiary/aromatic N) is 1. The number of oxime groups is 1. The van der Waals surface area contributed by atoms with E-state index in [1.54, 1.807) is 19.2 Å². The lowest BCUT2D eigenvalue weighted by molar-refractivity contribution is 0.217. The minimum absolute atomic E-state index is 0.444. The van der Waals surface area contributed by atoms with Gasteiger partial charge in [0.2, 0.25) is 0 Å². The van der Waals surface area contributed by atoms with Crippen LogP contribution in [0, 0.1) is 0 Å². The second-order valence-corrected chi connectivity index (χ2v) is 4.19. The molecule has 2 rings (SSSR count). The lowest BCUT2D eigenvalue weighted by atomic mass is 10.2. The van der Waals surface area contributed by atoms with Gasteiger partial charge in [-0.05, 0) is 54.1 Å². The molecule has 5 nitrogen and oxygen atoms in total. The first-order valence-electron chi connectivity index (χ1n) is 6.49. The summed E-state index contributed by atoms with van der Waals surface area (Å²) in [7, 11) is 1.63. The third-order valence-electron chi connectivity index (χ3n) is 2.77. The third-order valence-corrected chi connectivity index (χ3v) is 2.77. The highest BCUT2D eigenvalue weighted by atomic mass is 16.5. The maximum atomic E-state index is 8.42. The third kappa shape index (κ3) is 4.72. The summed E-state index contributed by atoms with van der Waals surface area (Å²) in [5, 5.41) is 11.4. The van der Waals surface area contributed by atoms with Gasteiger partial charge in [0, 0.05) is 0 Å². The lowest BCUT2D eigenvalue weighted by Gasteiger charge is -2.09. The molecule has 0 saturated carbocycles. The fourth-order valence-corrected chi connectivity index (χ4v) is 1.71. The molecule has 2 aromatic rings. The number of rotatable bonds is 7. The van der Waals surface area contributed by atoms with Crippen LogP contribution >= 0.6 is 0 Å². The summed E-state index contributed by atoms with van der Waals surface area (Å²) in [6.07, 6.45) is 1.36. The van der Waals surface area contributed by atoms with Gasteiger partial charge in [-0.2, -0.15) is 0 Å². The molecule has 0 aliphatic carbocycles. The van der Waals surface area contributed by atoms with Crippen LogP contribution in [0.2, 0.25) is 0 Å². The zero-order valence-corrected chi connectivity index (χ0v) is 11.7. The molecule has 0 fully saturated rings. The number of hydrogen-bond acceptors (Lipinski definition) is 5. The van der Waals surface area contributed by atoms with Crippen molar-refractivity contribution in [1.82, 2.24) is 0 Å². The van der Waals surface area contributed by atoms with Crippen LogP contribution in [0.4, 0.5) is 0 Å². The molecule has 1 N–H and O–H groups in total. The first kappa shape index (κ1) is 14.7. The summed E-state index contributed by atoms with van der Waals surface area (Å²) in [6.45, 7) is 0.894. The molecule has 0 radical (unpaired) electrons. The Hall–Kier alpha value is -2.69. The molecule has 21 heavy (non-hydrogen) atoms. The van der Waals surface area contributed by atoms with Crippen molar-refractivity contribution >= 4 is 6.21 Å². The minimum Gasteiger partial charge on any atom is -0.497 e. The highest BCUT2D eigenvalue weighted by molar-refractivity contribution is 5.79. The van der Waals surface area contributed by atoms with Gasteiger partial charge in [0.1, 0.15) is 30.5 Å². The van der Waals surface area contributed by atoms with Gasteiger partial charge in [-0.1, -0.05) is 5.16 Å². The van der Waals surface area contributed by atoms with E-state index in [2.05, 4.69) is 5.16 Å². The Bertz CT molecular complexity index is 564. The molecular formula is C16H17NO4. The monoisotopic (exact) mass is 287 g/mol. The van der Waals surface area contributed by atoms with Crippen molar-refractivity contribution in [3.63, 3.8) is 0 Å². The van der Waals surface area contributed by atoms with E-state index in [1.165, 1.54) is 6.21 Å². The molecule has 110 valence electrons. The summed E-state index contributed by atoms with van der Waals surface area (Å²) >= 11 is 0. The number of methoxy groups -OCH3 is 1. The molecule has 0 amide bonds. The van der Waals surface area contributed by atoms with Crippen LogP contribution in [-0.4, -0.2) is 31.7 Å². The van der Waals surface area contributed by atoms with E-state index in [0.717, 1.165) is 22.8 Å². The van der Waals surface area contributed by atoms with Crippen LogP contribution in [0.25, 0.3) is 0 Å². The second kappa shape index (κ2) is 7.79. The fraction of sp³-hybridized carbons (Fsp3) is 0.188. The molecule has 5 heteroatoms. The Kier molecular flexibility index (Phi) is 5.46. The Labute approximate surface area is 123 Å². The zero-order valence-electron chi connectivity index (χ0n) is 11.7. The molecule has 0 spiro atoms. The quantitative estimate of drug-likeness (QED) is 0.368. The van der Waals surface area contributed by atoms with Gasteiger partial charge in [0.05, 0.1) is 13.3 Å². The van der Waals surface area contributed by atoms with Crippen LogP contribution in [0.5, 0.6) is 17.2 Å². The lowest BCUT2D eigenvalue weighted by Crippen LogP contribution is -2.08. The molecular weight excluding hydrogens is 270 g/mol. The summed E-state index contributed by atoms with van der Waals surface area (Å²) in [6, 6.07) is 14.6. The van der Waals surface area contributed by atoms with Gasteiger partial charge in [0.25, 0.3) is 0 Å². The maximum Gasteiger partial charge on any atom is 0.122 e. The Morgan fingerprint density at radius 3 is 1.81 bits per heavy atom. The molecule has 2 aromatic carbocycles. The standard InChI is InChI=1S/C16H17NO4/c1-19-14-6-8-16(9-7-14)21-11-10-20-15-4-2-13(3-5-15)12-17-18/h2-9,12,18H,10-11H2,1H3. The first-order valence-corrected chi connectivity index (χ1v) is 6.49. The van der Waals surface area contributed by atoms with Gasteiger partial charge < -0.3 is 19.4 Å². The predicted octanol–water partition coefficient (Wildman–Crippen LogP) is 2.96. The fourth-order valence-electron chi connectivity index (χ4n) is 1.71. The maximum absolute atomic E-state index is 8.42. The van der Waals surface area contributed by atoms with E-state index in [9.17, 15) is 0 Å². The van der Waals surface area contributed by atoms with Crippen molar-refractivity contribution in [2.24, 2.45) is 5.16 Å². The second-order valence-electron chi connectivity index (χ2n) is 4.19. The Morgan fingerprint density at radius 1 is 0.857 bits per heavy atom. The van der Waals surface area contributed by atoms with E-state index in [1.807, 2.05) is 36.4 Å². The molecule has 0 saturated heterocycles. The van der Waals surface area contributed by atoms with Gasteiger partial charge in [0.15, 0.2) is 0 Å². The van der Waals surface area contributed by atoms with Crippen molar-refractivity contribution in [1.29, 1.82) is 0 Å². The SMILES string of the molecule is COc1ccc(OCCOc2ccc(C=NO)cc2)cc1. The molecule has 0 aliphatic heterocycles. The first-order chi connectivity index (χ1) is 10.3. The molecule has 0 aromatic heterocycles. The number of ether oxygens (including phenoxy) is 3. The smallest absolute Gasteiger partial charge is 0.122 e. The summed E-state index contributed by atoms with van der Waals surface area (Å²) < 4.78 is 16.2. The zero-order chi connectivity index (χ0) is 14.9. The Balaban J connectivity index is 1.73. The predicted molar refractivity (Wildman–Crippen MR) is 79.8 cm³/mol. The van der Waals surface area contributed by atoms with Crippen molar-refractivity contribution in [2.45, 2.75) is 0 Å². The van der Waals surface area contributed by atoms with E-state index in [4.69, 9.17) is 19.4 Å². The molecule has 0 bridgehead atoms. The average molecular weight is 287 g/mol. The molecule has 0 aliphatic rings. The summed E-state index contributed by atoms with van der Waals surface area (Å²) in [4.78, 5) is 0. The highest BCUT2D eigenvalue weighted by Crippen LogP contribution is 2.17. The van der Waals surface area contributed by atoms with Crippen LogP contribution in [0.3, 0.4) is 0 Å². The molecule has 0 heterocycles. The topological polar surface area (TPSA) is 60.3 Å². The molecule has 0 unspecified atom stereocenters. The van der Waals surface area contributed by atoms with Crippen LogP contribution in [0.1, 0.15) is 5.56 Å². The van der Waals surface area contributed by atoms with Crippen molar-refractivity contribution in [3.05, 3.63) is 54.1 Å². The van der Waals surface area contributed by atoms with Crippen LogP contribution in [0.15, 0.2) is 53.7 Å². The average Bonchev–Trinajstić information content (AvgIpc) is 2.54. The van der Waals surface area contributed by atoms with E-state index in [0.29, 0.717) is 13.2 Å². The van der Waals surface area contributed by atoms with E-state index < -0.39 is 0 Å². The van der Waals surface area contributed by atoms with Crippen molar-refractivity contribution < 1.29 is 19.4 Å². The summed E-state index contributed by atoms with van der Waals surface area (Å²) in [5.41, 5.74) is 0.805. The highest BCUT2D eigenvalue weighted by Gasteiger charge is 1.97. The number of hydrogen-bond donors (Lipinski definition) is 1. The van der Waals surface area contributed by atoms with Gasteiger partial charge >= 0.3 is 0 Å². The van der Waals surface area contributed by atoms with E-state index >= 15 is 0 Å². The van der Waals surface area contributed by atoms with Gasteiger partial charge in [-0.25, -0.2) is 0 Å². The number of benzene rings is 2. The van der Waals surface area contributed by atoms with Crippen molar-refractivity contribution in [3.8, 4) is 17.2 Å². The van der Waals surface area contributed by atoms with Crippen molar-refractivity contribution in [2.75, 3.05) is 20.3 Å². The minimum atomic E-state index is 0.444. The van der Waals surface area contributed by atoms with Gasteiger partial charge in [-0.3, -0.25) is 0 Å². The normalized spacial score (nSPS) is 10.5. The largest absolute Gasteiger partial charge is 0.497 e. The molecule has 0 atom stereocenters. The van der Waals surface area contributed by atoms with Crippen LogP contribution in [-0.2, 0) is 0 Å². The van der Waals surface area contributed by atoms with Gasteiger partial charge in [-0.15, -0.1) is 0 Å². The Morgan fingerprint density at radius 2 is 1.33 bits per heavy atom. The van der Waals surface area contributed by atoms with E-state index in [-0.39, 0.29) is 0 Å². The van der Waals surface area contributed by atoms with Crippen LogP contribution < -0.4 is 14.2 Å². The summed E-state index contributed by atoms with van der Waals surface area (Å²) in [5.74, 6) is 2.31.